The summed E-state index contributed by atoms with van der Waals surface area (Å²) in [5.41, 5.74) is 3.51. The number of nitrogens with zero attached hydrogens (tertiary/aromatic N) is 2. The van der Waals surface area contributed by atoms with Gasteiger partial charge in [-0.05, 0) is 57.1 Å². The molecule has 0 unspecified atom stereocenters. The van der Waals surface area contributed by atoms with Crippen LogP contribution in [0.25, 0.3) is 11.0 Å². The van der Waals surface area contributed by atoms with Gasteiger partial charge in [-0.3, -0.25) is 0 Å². The lowest BCUT2D eigenvalue weighted by Gasteiger charge is -2.26. The highest BCUT2D eigenvalue weighted by molar-refractivity contribution is 5.76. The van der Waals surface area contributed by atoms with Crippen LogP contribution >= 0.6 is 0 Å². The number of aromatic nitrogens is 2. The maximum atomic E-state index is 6.01. The van der Waals surface area contributed by atoms with E-state index in [9.17, 15) is 0 Å². The molecule has 0 atom stereocenters. The minimum Gasteiger partial charge on any atom is -0.486 e. The van der Waals surface area contributed by atoms with Crippen molar-refractivity contribution in [3.8, 4) is 5.75 Å². The Morgan fingerprint density at radius 3 is 2.62 bits per heavy atom. The Bertz CT molecular complexity index is 817. The summed E-state index contributed by atoms with van der Waals surface area (Å²) >= 11 is 0. The molecule has 2 heterocycles. The molecule has 1 N–H and O–H groups in total. The van der Waals surface area contributed by atoms with Crippen LogP contribution in [-0.4, -0.2) is 22.6 Å². The molecule has 0 bridgehead atoms. The van der Waals surface area contributed by atoms with Crippen LogP contribution in [0.1, 0.15) is 30.3 Å². The maximum Gasteiger partial charge on any atom is 0.148 e. The third-order valence-corrected chi connectivity index (χ3v) is 4.73. The van der Waals surface area contributed by atoms with Crippen molar-refractivity contribution in [2.45, 2.75) is 32.4 Å². The summed E-state index contributed by atoms with van der Waals surface area (Å²) in [7, 11) is 0. The van der Waals surface area contributed by atoms with Gasteiger partial charge < -0.3 is 14.6 Å². The van der Waals surface area contributed by atoms with E-state index in [4.69, 9.17) is 9.72 Å². The summed E-state index contributed by atoms with van der Waals surface area (Å²) in [5.74, 6) is 1.91. The minimum absolute atomic E-state index is 0.496. The van der Waals surface area contributed by atoms with Crippen LogP contribution in [0.4, 0.5) is 0 Å². The fraction of sp³-hybridized carbons (Fsp3) is 0.350. The van der Waals surface area contributed by atoms with Gasteiger partial charge in [0.25, 0.3) is 0 Å². The number of imidazole rings is 1. The van der Waals surface area contributed by atoms with Crippen molar-refractivity contribution in [3.05, 3.63) is 59.9 Å². The Morgan fingerprint density at radius 2 is 1.83 bits per heavy atom. The average molecular weight is 321 g/mol. The molecule has 4 nitrogen and oxygen atoms in total. The van der Waals surface area contributed by atoms with Gasteiger partial charge in [-0.2, -0.15) is 0 Å². The topological polar surface area (TPSA) is 39.1 Å². The number of rotatable bonds is 4. The Labute approximate surface area is 142 Å². The average Bonchev–Trinajstić information content (AvgIpc) is 3.00. The molecule has 4 heteroatoms. The second kappa shape index (κ2) is 6.65. The second-order valence-corrected chi connectivity index (χ2v) is 6.47. The highest BCUT2D eigenvalue weighted by Gasteiger charge is 2.21. The molecule has 2 aromatic carbocycles. The summed E-state index contributed by atoms with van der Waals surface area (Å²) in [5, 5.41) is 3.44. The number of aryl methyl sites for hydroxylation is 1. The van der Waals surface area contributed by atoms with E-state index < -0.39 is 0 Å². The van der Waals surface area contributed by atoms with Crippen molar-refractivity contribution >= 4 is 11.0 Å². The standard InChI is InChI=1S/C20H23N3O/c1-15-6-8-17(9-7-15)24-14-20-22-18-4-2-3-5-19(18)23(20)16-10-12-21-13-11-16/h2-9,16,21H,10-14H2,1H3. The summed E-state index contributed by atoms with van der Waals surface area (Å²) in [4.78, 5) is 4.84. The molecule has 0 amide bonds. The van der Waals surface area contributed by atoms with Gasteiger partial charge in [0.15, 0.2) is 0 Å². The molecule has 124 valence electrons. The molecule has 0 aliphatic carbocycles. The third-order valence-electron chi connectivity index (χ3n) is 4.73. The molecule has 0 saturated carbocycles. The van der Waals surface area contributed by atoms with E-state index in [1.165, 1.54) is 11.1 Å². The Kier molecular flexibility index (Phi) is 4.22. The number of hydrogen-bond donors (Lipinski definition) is 1. The molecule has 1 saturated heterocycles. The predicted molar refractivity (Wildman–Crippen MR) is 96.4 cm³/mol. The summed E-state index contributed by atoms with van der Waals surface area (Å²) in [6.45, 7) is 4.72. The van der Waals surface area contributed by atoms with Gasteiger partial charge in [0.05, 0.1) is 11.0 Å². The van der Waals surface area contributed by atoms with Crippen LogP contribution in [0.3, 0.4) is 0 Å². The first kappa shape index (κ1) is 15.2. The van der Waals surface area contributed by atoms with Crippen LogP contribution in [-0.2, 0) is 6.61 Å². The second-order valence-electron chi connectivity index (χ2n) is 6.47. The molecule has 0 spiro atoms. The molecule has 1 aromatic heterocycles. The minimum atomic E-state index is 0.496. The van der Waals surface area contributed by atoms with Crippen molar-refractivity contribution in [1.82, 2.24) is 14.9 Å². The highest BCUT2D eigenvalue weighted by Crippen LogP contribution is 2.27. The zero-order valence-electron chi connectivity index (χ0n) is 14.0. The smallest absolute Gasteiger partial charge is 0.148 e. The maximum absolute atomic E-state index is 6.01. The largest absolute Gasteiger partial charge is 0.486 e. The molecule has 1 aliphatic rings. The molecular formula is C20H23N3O. The van der Waals surface area contributed by atoms with Crippen LogP contribution in [0, 0.1) is 6.92 Å². The van der Waals surface area contributed by atoms with Gasteiger partial charge in [-0.1, -0.05) is 29.8 Å². The van der Waals surface area contributed by atoms with E-state index in [0.717, 1.165) is 43.0 Å². The zero-order valence-corrected chi connectivity index (χ0v) is 14.0. The number of para-hydroxylation sites is 2. The molecule has 3 aromatic rings. The third kappa shape index (κ3) is 3.02. The quantitative estimate of drug-likeness (QED) is 0.793. The van der Waals surface area contributed by atoms with Gasteiger partial charge in [0, 0.05) is 6.04 Å². The van der Waals surface area contributed by atoms with Crippen molar-refractivity contribution < 1.29 is 4.74 Å². The SMILES string of the molecule is Cc1ccc(OCc2nc3ccccc3n2C2CCNCC2)cc1. The number of piperidine rings is 1. The van der Waals surface area contributed by atoms with E-state index in [-0.39, 0.29) is 0 Å². The van der Waals surface area contributed by atoms with Crippen LogP contribution in [0.5, 0.6) is 5.75 Å². The molecule has 4 rings (SSSR count). The highest BCUT2D eigenvalue weighted by atomic mass is 16.5. The lowest BCUT2D eigenvalue weighted by Crippen LogP contribution is -2.30. The molecule has 1 aliphatic heterocycles. The van der Waals surface area contributed by atoms with E-state index >= 15 is 0 Å². The zero-order chi connectivity index (χ0) is 16.4. The summed E-state index contributed by atoms with van der Waals surface area (Å²) in [6.07, 6.45) is 2.27. The van der Waals surface area contributed by atoms with E-state index in [0.29, 0.717) is 12.6 Å². The van der Waals surface area contributed by atoms with Gasteiger partial charge in [0.1, 0.15) is 18.2 Å². The molecule has 24 heavy (non-hydrogen) atoms. The first-order valence-corrected chi connectivity index (χ1v) is 8.67. The summed E-state index contributed by atoms with van der Waals surface area (Å²) in [6, 6.07) is 17.1. The van der Waals surface area contributed by atoms with Gasteiger partial charge in [-0.15, -0.1) is 0 Å². The van der Waals surface area contributed by atoms with Gasteiger partial charge >= 0.3 is 0 Å². The Hall–Kier alpha value is -2.33. The summed E-state index contributed by atoms with van der Waals surface area (Å²) < 4.78 is 8.40. The predicted octanol–water partition coefficient (Wildman–Crippen LogP) is 3.85. The van der Waals surface area contributed by atoms with E-state index in [2.05, 4.69) is 47.1 Å². The molecular weight excluding hydrogens is 298 g/mol. The van der Waals surface area contributed by atoms with Crippen molar-refractivity contribution in [2.75, 3.05) is 13.1 Å². The fourth-order valence-corrected chi connectivity index (χ4v) is 3.45. The van der Waals surface area contributed by atoms with Crippen LogP contribution < -0.4 is 10.1 Å². The monoisotopic (exact) mass is 321 g/mol. The lowest BCUT2D eigenvalue weighted by atomic mass is 10.1. The van der Waals surface area contributed by atoms with E-state index in [1.54, 1.807) is 0 Å². The number of hydrogen-bond acceptors (Lipinski definition) is 3. The van der Waals surface area contributed by atoms with Gasteiger partial charge in [0.2, 0.25) is 0 Å². The van der Waals surface area contributed by atoms with Crippen molar-refractivity contribution in [2.24, 2.45) is 0 Å². The van der Waals surface area contributed by atoms with E-state index in [1.807, 2.05) is 18.2 Å². The van der Waals surface area contributed by atoms with Crippen molar-refractivity contribution in [3.63, 3.8) is 0 Å². The fourth-order valence-electron chi connectivity index (χ4n) is 3.45. The molecule has 0 radical (unpaired) electrons. The number of benzene rings is 2. The van der Waals surface area contributed by atoms with Crippen LogP contribution in [0.15, 0.2) is 48.5 Å². The number of fused-ring (bicyclic) bond motifs is 1. The number of ether oxygens (including phenoxy) is 1. The van der Waals surface area contributed by atoms with Crippen LogP contribution in [0.2, 0.25) is 0 Å². The molecule has 1 fully saturated rings. The first-order chi connectivity index (χ1) is 11.8. The first-order valence-electron chi connectivity index (χ1n) is 8.67. The Balaban J connectivity index is 1.64. The van der Waals surface area contributed by atoms with Crippen molar-refractivity contribution in [1.29, 1.82) is 0 Å². The Morgan fingerprint density at radius 1 is 1.08 bits per heavy atom. The van der Waals surface area contributed by atoms with Gasteiger partial charge in [-0.25, -0.2) is 4.98 Å². The lowest BCUT2D eigenvalue weighted by molar-refractivity contribution is 0.276. The normalized spacial score (nSPS) is 15.7. The number of nitrogens with one attached hydrogen (secondary N) is 1.